The number of hydrogen-bond donors (Lipinski definition) is 1. The number of rotatable bonds is 6. The number of aliphatic carboxylic acids is 1. The molecule has 32 heavy (non-hydrogen) atoms. The molecule has 0 aliphatic carbocycles. The zero-order chi connectivity index (χ0) is 23.6. The van der Waals surface area contributed by atoms with Gasteiger partial charge in [0.2, 0.25) is 0 Å². The number of ether oxygens (including phenoxy) is 4. The van der Waals surface area contributed by atoms with E-state index in [1.165, 1.54) is 17.7 Å². The van der Waals surface area contributed by atoms with Crippen molar-refractivity contribution in [2.75, 3.05) is 6.61 Å². The molecule has 0 radical (unpaired) electrons. The van der Waals surface area contributed by atoms with Gasteiger partial charge in [0.15, 0.2) is 24.5 Å². The van der Waals surface area contributed by atoms with E-state index < -0.39 is 54.2 Å². The van der Waals surface area contributed by atoms with Gasteiger partial charge in [-0.15, -0.1) is 0 Å². The molecule has 4 atom stereocenters. The maximum absolute atomic E-state index is 12.2. The molecule has 0 spiro atoms. The Kier molecular flexibility index (Phi) is 6.58. The Morgan fingerprint density at radius 1 is 0.938 bits per heavy atom. The minimum Gasteiger partial charge on any atom is -0.475 e. The van der Waals surface area contributed by atoms with E-state index in [0.717, 1.165) is 13.8 Å². The highest BCUT2D eigenvalue weighted by molar-refractivity contribution is 6.42. The minimum absolute atomic E-state index is 0.0931. The number of fused-ring (bicyclic) bond motifs is 1. The molecule has 1 N–H and O–H groups in total. The second-order valence-electron chi connectivity index (χ2n) is 7.12. The van der Waals surface area contributed by atoms with Crippen LogP contribution in [0.4, 0.5) is 0 Å². The highest BCUT2D eigenvalue weighted by Gasteiger charge is 2.48. The summed E-state index contributed by atoms with van der Waals surface area (Å²) in [6, 6.07) is 6.50. The van der Waals surface area contributed by atoms with Gasteiger partial charge in [-0.2, -0.15) is 0 Å². The lowest BCUT2D eigenvalue weighted by Crippen LogP contribution is -2.55. The minimum atomic E-state index is -1.64. The van der Waals surface area contributed by atoms with Crippen molar-refractivity contribution < 1.29 is 48.0 Å². The van der Waals surface area contributed by atoms with Gasteiger partial charge in [-0.25, -0.2) is 4.79 Å². The van der Waals surface area contributed by atoms with E-state index in [9.17, 15) is 29.1 Å². The summed E-state index contributed by atoms with van der Waals surface area (Å²) < 4.78 is 23.2. The van der Waals surface area contributed by atoms with Gasteiger partial charge in [-0.3, -0.25) is 19.2 Å². The molecule has 1 aliphatic rings. The van der Waals surface area contributed by atoms with E-state index in [2.05, 4.69) is 0 Å². The molecule has 0 bridgehead atoms. The summed E-state index contributed by atoms with van der Waals surface area (Å²) in [6.45, 7) is 3.25. The van der Waals surface area contributed by atoms with E-state index in [-0.39, 0.29) is 12.2 Å². The Hall–Kier alpha value is -3.73. The molecule has 0 unspecified atom stereocenters. The van der Waals surface area contributed by atoms with Crippen LogP contribution in [0.5, 0.6) is 0 Å². The first kappa shape index (κ1) is 22.9. The van der Waals surface area contributed by atoms with Crippen LogP contribution < -0.4 is 0 Å². The zero-order valence-electron chi connectivity index (χ0n) is 17.5. The standard InChI is InChI=1S/C21H21NO10/c1-10(23)30-16-9-29-20(19(32-12(3)25)18(16)31-11(2)24)22-8-14(17(26)21(27)28)13-6-4-5-7-15(13)22/h4-8,16,18-20H,9H2,1-3H3,(H,27,28)/t16-,18-,19+,20+/m1/s1. The monoisotopic (exact) mass is 447 g/mol. The van der Waals surface area contributed by atoms with Crippen molar-refractivity contribution >= 4 is 40.6 Å². The first-order valence-corrected chi connectivity index (χ1v) is 9.60. The van der Waals surface area contributed by atoms with Crippen molar-refractivity contribution in [3.05, 3.63) is 36.0 Å². The van der Waals surface area contributed by atoms with Crippen LogP contribution in [-0.2, 0) is 38.1 Å². The topological polar surface area (TPSA) is 147 Å². The molecule has 0 amide bonds. The number of ketones is 1. The number of para-hydroxylation sites is 1. The average molecular weight is 447 g/mol. The predicted octanol–water partition coefficient (Wildman–Crippen LogP) is 1.23. The van der Waals surface area contributed by atoms with Crippen molar-refractivity contribution in [1.29, 1.82) is 0 Å². The van der Waals surface area contributed by atoms with Gasteiger partial charge in [0.25, 0.3) is 5.78 Å². The average Bonchev–Trinajstić information content (AvgIpc) is 3.08. The number of nitrogens with zero attached hydrogens (tertiary/aromatic N) is 1. The third-order valence-corrected chi connectivity index (χ3v) is 4.78. The number of carbonyl (C=O) groups excluding carboxylic acids is 4. The number of carboxylic acid groups (broad SMARTS) is 1. The van der Waals surface area contributed by atoms with Gasteiger partial charge in [0.05, 0.1) is 17.7 Å². The summed E-state index contributed by atoms with van der Waals surface area (Å²) in [5.41, 5.74) is 0.330. The molecule has 3 rings (SSSR count). The van der Waals surface area contributed by atoms with Crippen LogP contribution >= 0.6 is 0 Å². The van der Waals surface area contributed by atoms with Crippen LogP contribution in [0.15, 0.2) is 30.5 Å². The van der Waals surface area contributed by atoms with Crippen LogP contribution in [-0.4, -0.2) is 64.3 Å². The number of carboxylic acids is 1. The molecule has 1 aromatic heterocycles. The molecule has 11 nitrogen and oxygen atoms in total. The van der Waals surface area contributed by atoms with Crippen molar-refractivity contribution in [2.24, 2.45) is 0 Å². The van der Waals surface area contributed by atoms with Gasteiger partial charge in [-0.1, -0.05) is 18.2 Å². The summed E-state index contributed by atoms with van der Waals surface area (Å²) >= 11 is 0. The fourth-order valence-corrected chi connectivity index (χ4v) is 3.67. The summed E-state index contributed by atoms with van der Waals surface area (Å²) in [5, 5.41) is 9.52. The van der Waals surface area contributed by atoms with Crippen LogP contribution in [0.25, 0.3) is 10.9 Å². The fraction of sp³-hybridized carbons (Fsp3) is 0.381. The maximum atomic E-state index is 12.2. The van der Waals surface area contributed by atoms with E-state index in [4.69, 9.17) is 18.9 Å². The smallest absolute Gasteiger partial charge is 0.377 e. The Morgan fingerprint density at radius 3 is 2.12 bits per heavy atom. The molecular formula is C21H21NO10. The molecule has 2 heterocycles. The van der Waals surface area contributed by atoms with Crippen molar-refractivity contribution in [3.8, 4) is 0 Å². The van der Waals surface area contributed by atoms with E-state index in [1.54, 1.807) is 24.3 Å². The van der Waals surface area contributed by atoms with Crippen LogP contribution in [0.1, 0.15) is 37.4 Å². The van der Waals surface area contributed by atoms with Crippen molar-refractivity contribution in [3.63, 3.8) is 0 Å². The summed E-state index contributed by atoms with van der Waals surface area (Å²) in [6.07, 6.45) is -3.37. The number of aromatic nitrogens is 1. The number of benzene rings is 1. The van der Waals surface area contributed by atoms with Gasteiger partial charge in [-0.05, 0) is 6.07 Å². The molecule has 1 aliphatic heterocycles. The normalized spacial score (nSPS) is 22.7. The van der Waals surface area contributed by atoms with Crippen molar-refractivity contribution in [1.82, 2.24) is 4.57 Å². The number of Topliss-reactive ketones (excluding diaryl/α,β-unsaturated/α-hetero) is 1. The van der Waals surface area contributed by atoms with Gasteiger partial charge in [0, 0.05) is 32.4 Å². The van der Waals surface area contributed by atoms with Gasteiger partial charge >= 0.3 is 23.9 Å². The SMILES string of the molecule is CC(=O)O[C@H]1[C@H](OC(C)=O)[C@@H](n2cc(C(=O)C(=O)O)c3ccccc32)OC[C@H]1OC(C)=O. The van der Waals surface area contributed by atoms with E-state index in [1.807, 2.05) is 0 Å². The van der Waals surface area contributed by atoms with E-state index >= 15 is 0 Å². The first-order valence-electron chi connectivity index (χ1n) is 9.60. The highest BCUT2D eigenvalue weighted by atomic mass is 16.6. The van der Waals surface area contributed by atoms with Gasteiger partial charge < -0.3 is 28.6 Å². The number of hydrogen-bond acceptors (Lipinski definition) is 9. The molecule has 170 valence electrons. The second-order valence-corrected chi connectivity index (χ2v) is 7.12. The molecule has 1 saturated heterocycles. The summed E-state index contributed by atoms with van der Waals surface area (Å²) in [4.78, 5) is 58.6. The van der Waals surface area contributed by atoms with E-state index in [0.29, 0.717) is 10.9 Å². The Morgan fingerprint density at radius 2 is 1.53 bits per heavy atom. The Balaban J connectivity index is 2.13. The highest BCUT2D eigenvalue weighted by Crippen LogP contribution is 2.35. The van der Waals surface area contributed by atoms with Crippen LogP contribution in [0.2, 0.25) is 0 Å². The lowest BCUT2D eigenvalue weighted by atomic mass is 10.0. The first-order chi connectivity index (χ1) is 15.1. The second kappa shape index (κ2) is 9.18. The van der Waals surface area contributed by atoms with Crippen molar-refractivity contribution in [2.45, 2.75) is 45.3 Å². The third-order valence-electron chi connectivity index (χ3n) is 4.78. The lowest BCUT2D eigenvalue weighted by molar-refractivity contribution is -0.239. The number of esters is 3. The molecular weight excluding hydrogens is 426 g/mol. The predicted molar refractivity (Wildman–Crippen MR) is 106 cm³/mol. The molecule has 1 fully saturated rings. The molecule has 2 aromatic rings. The van der Waals surface area contributed by atoms with Crippen LogP contribution in [0, 0.1) is 0 Å². The lowest BCUT2D eigenvalue weighted by Gasteiger charge is -2.41. The maximum Gasteiger partial charge on any atom is 0.377 e. The Labute approximate surface area is 181 Å². The zero-order valence-corrected chi connectivity index (χ0v) is 17.5. The summed E-state index contributed by atoms with van der Waals surface area (Å²) in [7, 11) is 0. The summed E-state index contributed by atoms with van der Waals surface area (Å²) in [5.74, 6) is -4.85. The third kappa shape index (κ3) is 4.62. The van der Waals surface area contributed by atoms with Gasteiger partial charge in [0.1, 0.15) is 0 Å². The largest absolute Gasteiger partial charge is 0.475 e. The molecule has 11 heteroatoms. The number of carbonyl (C=O) groups is 5. The molecule has 0 saturated carbocycles. The quantitative estimate of drug-likeness (QED) is 0.297. The van der Waals surface area contributed by atoms with Crippen LogP contribution in [0.3, 0.4) is 0 Å². The fourth-order valence-electron chi connectivity index (χ4n) is 3.67. The Bertz CT molecular complexity index is 1090. The molecule has 1 aromatic carbocycles.